The van der Waals surface area contributed by atoms with Crippen LogP contribution in [0.4, 0.5) is 5.82 Å². The number of aromatic amines is 1. The Labute approximate surface area is 95.1 Å². The first kappa shape index (κ1) is 10.1. The highest BCUT2D eigenvalue weighted by Crippen LogP contribution is 2.16. The molecule has 0 aromatic carbocycles. The Morgan fingerprint density at radius 2 is 2.20 bits per heavy atom. The molecule has 0 aliphatic rings. The molecule has 0 amide bonds. The van der Waals surface area contributed by atoms with Crippen LogP contribution in [0.5, 0.6) is 0 Å². The van der Waals surface area contributed by atoms with Crippen molar-refractivity contribution in [1.82, 2.24) is 25.1 Å². The second kappa shape index (κ2) is 4.41. The zero-order chi connectivity index (χ0) is 10.7. The first-order valence-corrected chi connectivity index (χ1v) is 4.78. The van der Waals surface area contributed by atoms with Gasteiger partial charge in [0.1, 0.15) is 0 Å². The zero-order valence-electron chi connectivity index (χ0n) is 7.41. The second-order valence-electron chi connectivity index (χ2n) is 2.65. The molecule has 0 atom stereocenters. The minimum atomic E-state index is 0.0477. The van der Waals surface area contributed by atoms with Crippen molar-refractivity contribution in [2.75, 3.05) is 5.32 Å². The summed E-state index contributed by atoms with van der Waals surface area (Å²) in [4.78, 5) is 10.7. The molecular formula is C7H6Cl2N6. The van der Waals surface area contributed by atoms with Gasteiger partial charge in [0.05, 0.1) is 18.6 Å². The molecule has 0 radical (unpaired) electrons. The quantitative estimate of drug-likeness (QED) is 0.856. The molecule has 8 heteroatoms. The van der Waals surface area contributed by atoms with Crippen LogP contribution in [0.25, 0.3) is 0 Å². The van der Waals surface area contributed by atoms with Gasteiger partial charge in [-0.1, -0.05) is 11.6 Å². The van der Waals surface area contributed by atoms with Gasteiger partial charge in [-0.05, 0) is 11.6 Å². The van der Waals surface area contributed by atoms with E-state index >= 15 is 0 Å². The molecule has 0 aliphatic heterocycles. The van der Waals surface area contributed by atoms with E-state index in [0.717, 1.165) is 5.69 Å². The molecule has 0 saturated heterocycles. The molecule has 0 unspecified atom stereocenters. The second-order valence-corrected chi connectivity index (χ2v) is 3.35. The summed E-state index contributed by atoms with van der Waals surface area (Å²) in [6.07, 6.45) is 3.28. The Hall–Kier alpha value is -1.40. The molecule has 2 rings (SSSR count). The Kier molecular flexibility index (Phi) is 2.98. The van der Waals surface area contributed by atoms with Gasteiger partial charge in [-0.25, -0.2) is 4.98 Å². The third kappa shape index (κ3) is 2.54. The van der Waals surface area contributed by atoms with Crippen molar-refractivity contribution in [3.63, 3.8) is 0 Å². The molecule has 78 valence electrons. The first-order chi connectivity index (χ1) is 7.25. The van der Waals surface area contributed by atoms with E-state index in [1.54, 1.807) is 12.5 Å². The number of nitrogens with zero attached hydrogens (tertiary/aromatic N) is 4. The summed E-state index contributed by atoms with van der Waals surface area (Å²) in [5.41, 5.74) is 0.904. The zero-order valence-corrected chi connectivity index (χ0v) is 8.92. The topological polar surface area (TPSA) is 79.4 Å². The molecule has 15 heavy (non-hydrogen) atoms. The average Bonchev–Trinajstić information content (AvgIpc) is 2.72. The van der Waals surface area contributed by atoms with Gasteiger partial charge in [0.2, 0.25) is 5.28 Å². The third-order valence-electron chi connectivity index (χ3n) is 1.62. The van der Waals surface area contributed by atoms with Crippen LogP contribution in [0.1, 0.15) is 5.69 Å². The smallest absolute Gasteiger partial charge is 0.245 e. The van der Waals surface area contributed by atoms with Crippen LogP contribution < -0.4 is 5.32 Å². The highest BCUT2D eigenvalue weighted by Gasteiger charge is 2.05. The SMILES string of the molecule is Clc1nnc(Cl)c(NCc2cnc[nH]2)n1. The fourth-order valence-corrected chi connectivity index (χ4v) is 1.24. The van der Waals surface area contributed by atoms with E-state index in [9.17, 15) is 0 Å². The maximum Gasteiger partial charge on any atom is 0.245 e. The Morgan fingerprint density at radius 1 is 1.33 bits per heavy atom. The maximum absolute atomic E-state index is 5.75. The number of aromatic nitrogens is 5. The van der Waals surface area contributed by atoms with Crippen LogP contribution in [-0.4, -0.2) is 25.1 Å². The fraction of sp³-hybridized carbons (Fsp3) is 0.143. The minimum Gasteiger partial charge on any atom is -0.362 e. The van der Waals surface area contributed by atoms with Gasteiger partial charge >= 0.3 is 0 Å². The summed E-state index contributed by atoms with van der Waals surface area (Å²) < 4.78 is 0. The Morgan fingerprint density at radius 3 is 2.93 bits per heavy atom. The number of hydrogen-bond donors (Lipinski definition) is 2. The van der Waals surface area contributed by atoms with Crippen molar-refractivity contribution in [1.29, 1.82) is 0 Å². The lowest BCUT2D eigenvalue weighted by Gasteiger charge is -2.04. The molecule has 0 bridgehead atoms. The molecule has 2 aromatic heterocycles. The fourth-order valence-electron chi connectivity index (χ4n) is 0.966. The van der Waals surface area contributed by atoms with Crippen molar-refractivity contribution >= 4 is 29.0 Å². The largest absolute Gasteiger partial charge is 0.362 e. The van der Waals surface area contributed by atoms with E-state index in [2.05, 4.69) is 30.5 Å². The third-order valence-corrected chi connectivity index (χ3v) is 2.04. The Bertz CT molecular complexity index is 443. The van der Waals surface area contributed by atoms with Crippen molar-refractivity contribution in [3.05, 3.63) is 28.7 Å². The van der Waals surface area contributed by atoms with Crippen molar-refractivity contribution in [2.45, 2.75) is 6.54 Å². The summed E-state index contributed by atoms with van der Waals surface area (Å²) in [6.45, 7) is 0.509. The van der Waals surface area contributed by atoms with Gasteiger partial charge in [-0.2, -0.15) is 4.98 Å². The highest BCUT2D eigenvalue weighted by molar-refractivity contribution is 6.32. The number of hydrogen-bond acceptors (Lipinski definition) is 5. The van der Waals surface area contributed by atoms with Crippen LogP contribution in [0, 0.1) is 0 Å². The molecule has 0 fully saturated rings. The van der Waals surface area contributed by atoms with E-state index in [1.807, 2.05) is 0 Å². The summed E-state index contributed by atoms with van der Waals surface area (Å²) >= 11 is 11.3. The van der Waals surface area contributed by atoms with Gasteiger partial charge in [-0.3, -0.25) is 0 Å². The van der Waals surface area contributed by atoms with Crippen LogP contribution in [0.3, 0.4) is 0 Å². The number of rotatable bonds is 3. The highest BCUT2D eigenvalue weighted by atomic mass is 35.5. The number of anilines is 1. The van der Waals surface area contributed by atoms with E-state index in [-0.39, 0.29) is 10.4 Å². The van der Waals surface area contributed by atoms with E-state index in [1.165, 1.54) is 0 Å². The van der Waals surface area contributed by atoms with Crippen molar-refractivity contribution in [2.24, 2.45) is 0 Å². The van der Waals surface area contributed by atoms with E-state index in [4.69, 9.17) is 23.2 Å². The number of H-pyrrole nitrogens is 1. The molecule has 6 nitrogen and oxygen atoms in total. The molecule has 2 N–H and O–H groups in total. The molecule has 2 aromatic rings. The molecule has 0 aliphatic carbocycles. The van der Waals surface area contributed by atoms with Crippen molar-refractivity contribution < 1.29 is 0 Å². The average molecular weight is 245 g/mol. The number of halogens is 2. The number of nitrogens with one attached hydrogen (secondary N) is 2. The maximum atomic E-state index is 5.75. The molecule has 2 heterocycles. The van der Waals surface area contributed by atoms with E-state index in [0.29, 0.717) is 12.4 Å². The van der Waals surface area contributed by atoms with Crippen LogP contribution in [-0.2, 0) is 6.54 Å². The predicted molar refractivity (Wildman–Crippen MR) is 55.8 cm³/mol. The summed E-state index contributed by atoms with van der Waals surface area (Å²) in [6, 6.07) is 0. The van der Waals surface area contributed by atoms with Gasteiger partial charge in [0.25, 0.3) is 0 Å². The van der Waals surface area contributed by atoms with Crippen LogP contribution in [0.15, 0.2) is 12.5 Å². The van der Waals surface area contributed by atoms with Gasteiger partial charge in [0.15, 0.2) is 11.0 Å². The summed E-state index contributed by atoms with van der Waals surface area (Å²) in [7, 11) is 0. The lowest BCUT2D eigenvalue weighted by Crippen LogP contribution is -2.04. The van der Waals surface area contributed by atoms with Crippen molar-refractivity contribution in [3.8, 4) is 0 Å². The van der Waals surface area contributed by atoms with Gasteiger partial charge in [0, 0.05) is 6.20 Å². The van der Waals surface area contributed by atoms with E-state index < -0.39 is 0 Å². The Balaban J connectivity index is 2.07. The first-order valence-electron chi connectivity index (χ1n) is 4.02. The monoisotopic (exact) mass is 244 g/mol. The standard InChI is InChI=1S/C7H6Cl2N6/c8-5-6(13-7(9)15-14-5)11-2-4-1-10-3-12-4/h1,3H,2H2,(H,10,12)(H,11,13,15). The molecule has 0 spiro atoms. The molecular weight excluding hydrogens is 239 g/mol. The number of imidazole rings is 1. The van der Waals surface area contributed by atoms with Gasteiger partial charge in [-0.15, -0.1) is 10.2 Å². The van der Waals surface area contributed by atoms with Crippen LogP contribution >= 0.6 is 23.2 Å². The van der Waals surface area contributed by atoms with Crippen LogP contribution in [0.2, 0.25) is 10.4 Å². The minimum absolute atomic E-state index is 0.0477. The lowest BCUT2D eigenvalue weighted by molar-refractivity contribution is 0.952. The summed E-state index contributed by atoms with van der Waals surface area (Å²) in [5.74, 6) is 0.395. The van der Waals surface area contributed by atoms with Gasteiger partial charge < -0.3 is 10.3 Å². The predicted octanol–water partition coefficient (Wildman–Crippen LogP) is 1.51. The normalized spacial score (nSPS) is 10.3. The lowest BCUT2D eigenvalue weighted by atomic mass is 10.5. The summed E-state index contributed by atoms with van der Waals surface area (Å²) in [5, 5.41) is 10.3. The molecule has 0 saturated carbocycles.